The third-order valence-corrected chi connectivity index (χ3v) is 3.68. The van der Waals surface area contributed by atoms with Crippen LogP contribution in [0.5, 0.6) is 0 Å². The zero-order valence-electron chi connectivity index (χ0n) is 13.0. The number of hydrogen-bond donors (Lipinski definition) is 1. The Morgan fingerprint density at radius 1 is 1.20 bits per heavy atom. The van der Waals surface area contributed by atoms with Crippen LogP contribution in [0.15, 0.2) is 30.6 Å². The zero-order valence-corrected chi connectivity index (χ0v) is 13.0. The number of benzene rings is 1. The van der Waals surface area contributed by atoms with Crippen molar-refractivity contribution >= 4 is 0 Å². The minimum absolute atomic E-state index is 0.229. The van der Waals surface area contributed by atoms with E-state index in [1.165, 1.54) is 22.3 Å². The molecule has 0 saturated carbocycles. The van der Waals surface area contributed by atoms with Crippen molar-refractivity contribution in [1.82, 2.24) is 15.1 Å². The quantitative estimate of drug-likeness (QED) is 0.870. The lowest BCUT2D eigenvalue weighted by atomic mass is 9.93. The first-order valence-corrected chi connectivity index (χ1v) is 7.49. The van der Waals surface area contributed by atoms with Crippen molar-refractivity contribution in [2.45, 2.75) is 46.7 Å². The predicted molar refractivity (Wildman–Crippen MR) is 84.0 cm³/mol. The highest BCUT2D eigenvalue weighted by Gasteiger charge is 2.18. The van der Waals surface area contributed by atoms with Gasteiger partial charge in [0, 0.05) is 18.3 Å². The smallest absolute Gasteiger partial charge is 0.0613 e. The minimum atomic E-state index is 0.229. The van der Waals surface area contributed by atoms with Crippen LogP contribution in [0.25, 0.3) is 0 Å². The van der Waals surface area contributed by atoms with Crippen LogP contribution in [-0.2, 0) is 6.54 Å². The maximum absolute atomic E-state index is 4.47. The van der Waals surface area contributed by atoms with Gasteiger partial charge in [0.15, 0.2) is 0 Å². The molecule has 0 aliphatic carbocycles. The number of nitrogens with one attached hydrogen (secondary N) is 1. The molecular weight excluding hydrogens is 246 g/mol. The molecule has 0 saturated heterocycles. The van der Waals surface area contributed by atoms with Gasteiger partial charge in [-0.05, 0) is 43.5 Å². The van der Waals surface area contributed by atoms with Gasteiger partial charge < -0.3 is 5.32 Å². The Morgan fingerprint density at radius 2 is 1.90 bits per heavy atom. The SMILES string of the molecule is CCCn1cc(C(NCC)c2c(C)cccc2C)cn1. The first-order chi connectivity index (χ1) is 9.67. The van der Waals surface area contributed by atoms with E-state index < -0.39 is 0 Å². The van der Waals surface area contributed by atoms with Crippen LogP contribution in [0.2, 0.25) is 0 Å². The normalized spacial score (nSPS) is 12.6. The number of hydrogen-bond acceptors (Lipinski definition) is 2. The molecule has 1 heterocycles. The summed E-state index contributed by atoms with van der Waals surface area (Å²) in [5.74, 6) is 0. The van der Waals surface area contributed by atoms with E-state index in [9.17, 15) is 0 Å². The summed E-state index contributed by atoms with van der Waals surface area (Å²) < 4.78 is 2.04. The van der Waals surface area contributed by atoms with E-state index in [2.05, 4.69) is 62.5 Å². The van der Waals surface area contributed by atoms with Crippen LogP contribution >= 0.6 is 0 Å². The van der Waals surface area contributed by atoms with Gasteiger partial charge in [0.1, 0.15) is 0 Å². The summed E-state index contributed by atoms with van der Waals surface area (Å²) in [6.07, 6.45) is 5.27. The monoisotopic (exact) mass is 271 g/mol. The molecule has 20 heavy (non-hydrogen) atoms. The molecule has 0 fully saturated rings. The van der Waals surface area contributed by atoms with Crippen LogP contribution in [0.3, 0.4) is 0 Å². The summed E-state index contributed by atoms with van der Waals surface area (Å²) >= 11 is 0. The van der Waals surface area contributed by atoms with Crippen molar-refractivity contribution < 1.29 is 0 Å². The fourth-order valence-electron chi connectivity index (χ4n) is 2.75. The molecule has 0 bridgehead atoms. The first kappa shape index (κ1) is 14.8. The third-order valence-electron chi connectivity index (χ3n) is 3.68. The molecule has 2 aromatic rings. The fraction of sp³-hybridized carbons (Fsp3) is 0.471. The topological polar surface area (TPSA) is 29.9 Å². The largest absolute Gasteiger partial charge is 0.306 e. The molecule has 1 aromatic carbocycles. The zero-order chi connectivity index (χ0) is 14.5. The molecule has 1 N–H and O–H groups in total. The fourth-order valence-corrected chi connectivity index (χ4v) is 2.75. The van der Waals surface area contributed by atoms with Gasteiger partial charge in [0.2, 0.25) is 0 Å². The number of aryl methyl sites for hydroxylation is 3. The van der Waals surface area contributed by atoms with Gasteiger partial charge in [-0.2, -0.15) is 5.10 Å². The molecule has 0 spiro atoms. The molecule has 3 nitrogen and oxygen atoms in total. The van der Waals surface area contributed by atoms with E-state index in [1.54, 1.807) is 0 Å². The van der Waals surface area contributed by atoms with E-state index in [0.29, 0.717) is 0 Å². The van der Waals surface area contributed by atoms with E-state index in [-0.39, 0.29) is 6.04 Å². The first-order valence-electron chi connectivity index (χ1n) is 7.49. The number of nitrogens with zero attached hydrogens (tertiary/aromatic N) is 2. The van der Waals surface area contributed by atoms with E-state index >= 15 is 0 Å². The van der Waals surface area contributed by atoms with E-state index in [4.69, 9.17) is 0 Å². The lowest BCUT2D eigenvalue weighted by molar-refractivity contribution is 0.596. The predicted octanol–water partition coefficient (Wildman–Crippen LogP) is 3.61. The molecule has 108 valence electrons. The van der Waals surface area contributed by atoms with Crippen molar-refractivity contribution in [1.29, 1.82) is 0 Å². The Hall–Kier alpha value is -1.61. The summed E-state index contributed by atoms with van der Waals surface area (Å²) in [6, 6.07) is 6.72. The summed E-state index contributed by atoms with van der Waals surface area (Å²) in [4.78, 5) is 0. The Bertz CT molecular complexity index is 537. The molecule has 1 atom stereocenters. The molecule has 0 aliphatic heterocycles. The minimum Gasteiger partial charge on any atom is -0.306 e. The summed E-state index contributed by atoms with van der Waals surface area (Å²) in [5, 5.41) is 8.07. The Kier molecular flexibility index (Phi) is 4.96. The van der Waals surface area contributed by atoms with Crippen molar-refractivity contribution in [3.05, 3.63) is 52.8 Å². The molecule has 1 aromatic heterocycles. The van der Waals surface area contributed by atoms with Crippen molar-refractivity contribution in [3.63, 3.8) is 0 Å². The second-order valence-corrected chi connectivity index (χ2v) is 5.33. The molecule has 3 heteroatoms. The lowest BCUT2D eigenvalue weighted by Gasteiger charge is -2.21. The Morgan fingerprint density at radius 3 is 2.50 bits per heavy atom. The van der Waals surface area contributed by atoms with Gasteiger partial charge in [-0.1, -0.05) is 32.0 Å². The average molecular weight is 271 g/mol. The van der Waals surface area contributed by atoms with E-state index in [1.807, 2.05) is 10.9 Å². The van der Waals surface area contributed by atoms with Crippen LogP contribution < -0.4 is 5.32 Å². The Labute approximate surface area is 122 Å². The maximum atomic E-state index is 4.47. The molecule has 0 radical (unpaired) electrons. The lowest BCUT2D eigenvalue weighted by Crippen LogP contribution is -2.23. The van der Waals surface area contributed by atoms with Gasteiger partial charge in [0.05, 0.1) is 12.2 Å². The van der Waals surface area contributed by atoms with Gasteiger partial charge in [-0.25, -0.2) is 0 Å². The molecule has 1 unspecified atom stereocenters. The van der Waals surface area contributed by atoms with Crippen molar-refractivity contribution in [3.8, 4) is 0 Å². The highest BCUT2D eigenvalue weighted by Crippen LogP contribution is 2.27. The van der Waals surface area contributed by atoms with Gasteiger partial charge in [0.25, 0.3) is 0 Å². The second kappa shape index (κ2) is 6.71. The second-order valence-electron chi connectivity index (χ2n) is 5.33. The number of aromatic nitrogens is 2. The van der Waals surface area contributed by atoms with Gasteiger partial charge in [-0.3, -0.25) is 4.68 Å². The van der Waals surface area contributed by atoms with E-state index in [0.717, 1.165) is 19.5 Å². The van der Waals surface area contributed by atoms with Crippen LogP contribution in [0.4, 0.5) is 0 Å². The van der Waals surface area contributed by atoms with Gasteiger partial charge >= 0.3 is 0 Å². The summed E-state index contributed by atoms with van der Waals surface area (Å²) in [7, 11) is 0. The molecule has 0 aliphatic rings. The van der Waals surface area contributed by atoms with Crippen LogP contribution in [-0.4, -0.2) is 16.3 Å². The third kappa shape index (κ3) is 3.10. The maximum Gasteiger partial charge on any atom is 0.0613 e. The van der Waals surface area contributed by atoms with Crippen LogP contribution in [0.1, 0.15) is 48.6 Å². The standard InChI is InChI=1S/C17H25N3/c1-5-10-20-12-15(11-19-20)17(18-6-2)16-13(3)8-7-9-14(16)4/h7-9,11-12,17-18H,5-6,10H2,1-4H3. The summed E-state index contributed by atoms with van der Waals surface area (Å²) in [5.41, 5.74) is 5.29. The highest BCUT2D eigenvalue weighted by atomic mass is 15.3. The average Bonchev–Trinajstić information content (AvgIpc) is 2.86. The van der Waals surface area contributed by atoms with Crippen molar-refractivity contribution in [2.75, 3.05) is 6.54 Å². The molecular formula is C17H25N3. The number of rotatable bonds is 6. The van der Waals surface area contributed by atoms with Crippen LogP contribution in [0, 0.1) is 13.8 Å². The molecule has 2 rings (SSSR count). The highest BCUT2D eigenvalue weighted by molar-refractivity contribution is 5.40. The van der Waals surface area contributed by atoms with Gasteiger partial charge in [-0.15, -0.1) is 0 Å². The molecule has 0 amide bonds. The Balaban J connectivity index is 2.39. The van der Waals surface area contributed by atoms with Crippen molar-refractivity contribution in [2.24, 2.45) is 0 Å². The summed E-state index contributed by atoms with van der Waals surface area (Å²) in [6.45, 7) is 10.6.